The molecule has 7 atom stereocenters. The summed E-state index contributed by atoms with van der Waals surface area (Å²) in [5.74, 6) is 4.69. The Hall–Kier alpha value is -0.560. The van der Waals surface area contributed by atoms with Crippen LogP contribution in [0.15, 0.2) is 24.3 Å². The summed E-state index contributed by atoms with van der Waals surface area (Å²) in [7, 11) is 0. The van der Waals surface area contributed by atoms with Crippen LogP contribution in [0.2, 0.25) is 0 Å². The Morgan fingerprint density at radius 3 is 2.78 bits per heavy atom. The van der Waals surface area contributed by atoms with E-state index in [1.54, 1.807) is 0 Å². The van der Waals surface area contributed by atoms with Gasteiger partial charge in [0.2, 0.25) is 0 Å². The molecule has 1 spiro atoms. The number of allylic oxidation sites excluding steroid dienone is 3. The summed E-state index contributed by atoms with van der Waals surface area (Å²) in [4.78, 5) is 0. The zero-order valence-corrected chi connectivity index (χ0v) is 15.7. The van der Waals surface area contributed by atoms with Crippen molar-refractivity contribution < 1.29 is 0 Å². The van der Waals surface area contributed by atoms with Crippen LogP contribution in [-0.4, -0.2) is 6.04 Å². The molecule has 130 valence electrons. The first kappa shape index (κ1) is 17.3. The van der Waals surface area contributed by atoms with Crippen molar-refractivity contribution in [2.75, 3.05) is 0 Å². The molecule has 0 saturated heterocycles. The average molecular weight is 316 g/mol. The number of hydrogen-bond donors (Lipinski definition) is 1. The average Bonchev–Trinajstić information content (AvgIpc) is 3.29. The fraction of sp³-hybridized carbons (Fsp3) is 0.818. The van der Waals surface area contributed by atoms with Crippen LogP contribution >= 0.6 is 0 Å². The Kier molecular flexibility index (Phi) is 4.80. The van der Waals surface area contributed by atoms with E-state index in [9.17, 15) is 0 Å². The molecule has 2 N–H and O–H groups in total. The highest BCUT2D eigenvalue weighted by Crippen LogP contribution is 2.79. The van der Waals surface area contributed by atoms with Gasteiger partial charge in [-0.2, -0.15) is 0 Å². The van der Waals surface area contributed by atoms with Crippen molar-refractivity contribution in [3.05, 3.63) is 24.3 Å². The second kappa shape index (κ2) is 6.39. The molecule has 3 rings (SSSR count). The zero-order chi connectivity index (χ0) is 16.8. The summed E-state index contributed by atoms with van der Waals surface area (Å²) in [5.41, 5.74) is 8.82. The molecular formula is C22H37N. The second-order valence-electron chi connectivity index (χ2n) is 9.07. The lowest BCUT2D eigenvalue weighted by Crippen LogP contribution is -2.30. The fourth-order valence-electron chi connectivity index (χ4n) is 5.99. The van der Waals surface area contributed by atoms with Gasteiger partial charge in [0.25, 0.3) is 0 Å². The van der Waals surface area contributed by atoms with E-state index in [4.69, 9.17) is 5.73 Å². The van der Waals surface area contributed by atoms with Crippen LogP contribution in [0.4, 0.5) is 0 Å². The minimum Gasteiger partial charge on any atom is -0.327 e. The van der Waals surface area contributed by atoms with Gasteiger partial charge in [-0.3, -0.25) is 0 Å². The van der Waals surface area contributed by atoms with E-state index in [1.807, 2.05) is 0 Å². The van der Waals surface area contributed by atoms with Crippen LogP contribution < -0.4 is 5.73 Å². The molecule has 0 aromatic rings. The lowest BCUT2D eigenvalue weighted by molar-refractivity contribution is 0.279. The van der Waals surface area contributed by atoms with Gasteiger partial charge >= 0.3 is 0 Å². The molecule has 1 nitrogen and oxygen atoms in total. The quantitative estimate of drug-likeness (QED) is 0.611. The second-order valence-corrected chi connectivity index (χ2v) is 9.07. The SMILES string of the molecule is C=C1CCC(C(C)C)[C@H]1CC(N)C1C(C)C12CC2C=CCCC. The van der Waals surface area contributed by atoms with Crippen LogP contribution in [0.1, 0.15) is 66.2 Å². The molecule has 0 aromatic carbocycles. The highest BCUT2D eigenvalue weighted by molar-refractivity contribution is 5.29. The predicted octanol–water partition coefficient (Wildman–Crippen LogP) is 5.57. The Morgan fingerprint density at radius 2 is 2.13 bits per heavy atom. The lowest BCUT2D eigenvalue weighted by atomic mass is 9.80. The van der Waals surface area contributed by atoms with Crippen molar-refractivity contribution in [1.29, 1.82) is 0 Å². The van der Waals surface area contributed by atoms with Gasteiger partial charge in [-0.1, -0.05) is 58.4 Å². The van der Waals surface area contributed by atoms with Gasteiger partial charge < -0.3 is 5.73 Å². The molecule has 0 heterocycles. The van der Waals surface area contributed by atoms with E-state index in [2.05, 4.69) is 46.4 Å². The Balaban J connectivity index is 1.58. The van der Waals surface area contributed by atoms with Crippen LogP contribution in [0, 0.1) is 40.9 Å². The smallest absolute Gasteiger partial charge is 0.00813 e. The van der Waals surface area contributed by atoms with Crippen LogP contribution in [0.3, 0.4) is 0 Å². The first-order valence-corrected chi connectivity index (χ1v) is 10.0. The lowest BCUT2D eigenvalue weighted by Gasteiger charge is -2.26. The first-order chi connectivity index (χ1) is 10.9. The van der Waals surface area contributed by atoms with Gasteiger partial charge in [0.15, 0.2) is 0 Å². The maximum Gasteiger partial charge on any atom is 0.00813 e. The molecule has 3 saturated carbocycles. The maximum atomic E-state index is 6.74. The molecule has 3 fully saturated rings. The molecule has 0 aromatic heterocycles. The summed E-state index contributed by atoms with van der Waals surface area (Å²) in [6.07, 6.45) is 12.5. The summed E-state index contributed by atoms with van der Waals surface area (Å²) >= 11 is 0. The Bertz CT molecular complexity index is 476. The molecule has 0 amide bonds. The molecule has 1 heteroatoms. The largest absolute Gasteiger partial charge is 0.327 e. The first-order valence-electron chi connectivity index (χ1n) is 10.0. The van der Waals surface area contributed by atoms with Crippen molar-refractivity contribution in [3.8, 4) is 0 Å². The third-order valence-corrected chi connectivity index (χ3v) is 7.51. The van der Waals surface area contributed by atoms with Gasteiger partial charge in [0.1, 0.15) is 0 Å². The van der Waals surface area contributed by atoms with E-state index in [0.29, 0.717) is 17.4 Å². The van der Waals surface area contributed by atoms with E-state index in [-0.39, 0.29) is 0 Å². The fourth-order valence-corrected chi connectivity index (χ4v) is 5.99. The van der Waals surface area contributed by atoms with Crippen molar-refractivity contribution in [2.45, 2.75) is 72.3 Å². The summed E-state index contributed by atoms with van der Waals surface area (Å²) in [5, 5.41) is 0. The van der Waals surface area contributed by atoms with Gasteiger partial charge in [-0.05, 0) is 73.0 Å². The highest BCUT2D eigenvalue weighted by Gasteiger charge is 2.75. The molecule has 3 aliphatic carbocycles. The van der Waals surface area contributed by atoms with Crippen LogP contribution in [-0.2, 0) is 0 Å². The molecular weight excluding hydrogens is 278 g/mol. The van der Waals surface area contributed by atoms with Gasteiger partial charge in [0, 0.05) is 6.04 Å². The number of hydrogen-bond acceptors (Lipinski definition) is 1. The van der Waals surface area contributed by atoms with E-state index in [1.165, 1.54) is 44.1 Å². The van der Waals surface area contributed by atoms with Crippen molar-refractivity contribution in [3.63, 3.8) is 0 Å². The highest BCUT2D eigenvalue weighted by atomic mass is 14.9. The normalized spacial score (nSPS) is 43.7. The van der Waals surface area contributed by atoms with Crippen LogP contribution in [0.25, 0.3) is 0 Å². The van der Waals surface area contributed by atoms with Crippen LogP contribution in [0.5, 0.6) is 0 Å². The van der Waals surface area contributed by atoms with Gasteiger partial charge in [-0.15, -0.1) is 0 Å². The molecule has 23 heavy (non-hydrogen) atoms. The summed E-state index contributed by atoms with van der Waals surface area (Å²) < 4.78 is 0. The third kappa shape index (κ3) is 2.95. The molecule has 0 aliphatic heterocycles. The monoisotopic (exact) mass is 315 g/mol. The molecule has 0 radical (unpaired) electrons. The van der Waals surface area contributed by atoms with Gasteiger partial charge in [-0.25, -0.2) is 0 Å². The molecule has 3 aliphatic rings. The van der Waals surface area contributed by atoms with E-state index >= 15 is 0 Å². The number of nitrogens with two attached hydrogens (primary N) is 1. The molecule has 0 bridgehead atoms. The van der Waals surface area contributed by atoms with E-state index < -0.39 is 0 Å². The van der Waals surface area contributed by atoms with Crippen molar-refractivity contribution >= 4 is 0 Å². The van der Waals surface area contributed by atoms with Gasteiger partial charge in [0.05, 0.1) is 0 Å². The Labute approximate surface area is 143 Å². The minimum absolute atomic E-state index is 0.385. The molecule has 6 unspecified atom stereocenters. The summed E-state index contributed by atoms with van der Waals surface area (Å²) in [6.45, 7) is 13.8. The predicted molar refractivity (Wildman–Crippen MR) is 100 cm³/mol. The Morgan fingerprint density at radius 1 is 1.39 bits per heavy atom. The van der Waals surface area contributed by atoms with E-state index in [0.717, 1.165) is 29.6 Å². The number of unbranched alkanes of at least 4 members (excludes halogenated alkanes) is 1. The van der Waals surface area contributed by atoms with Crippen molar-refractivity contribution in [1.82, 2.24) is 0 Å². The zero-order valence-electron chi connectivity index (χ0n) is 15.7. The minimum atomic E-state index is 0.385. The topological polar surface area (TPSA) is 26.0 Å². The van der Waals surface area contributed by atoms with Crippen molar-refractivity contribution in [2.24, 2.45) is 46.7 Å². The third-order valence-electron chi connectivity index (χ3n) is 7.51. The number of rotatable bonds is 7. The maximum absolute atomic E-state index is 6.74. The standard InChI is InChI=1S/C22H37N/c1-6-7-8-9-17-13-22(17)16(5)21(22)20(23)12-19-15(4)10-11-18(19)14(2)3/h8-9,14,16-21H,4,6-7,10-13,23H2,1-3,5H3/t16?,17?,18?,19-,20?,21?,22?/m0/s1. The summed E-state index contributed by atoms with van der Waals surface area (Å²) in [6, 6.07) is 0.385.